The average Bonchev–Trinajstić information content (AvgIpc) is 2.51. The first-order chi connectivity index (χ1) is 10.9. The van der Waals surface area contributed by atoms with Crippen molar-refractivity contribution < 1.29 is 18.0 Å². The molecule has 2 aromatic rings. The van der Waals surface area contributed by atoms with Crippen molar-refractivity contribution >= 4 is 17.3 Å². The fourth-order valence-electron chi connectivity index (χ4n) is 2.23. The fourth-order valence-corrected chi connectivity index (χ4v) is 2.23. The van der Waals surface area contributed by atoms with Gasteiger partial charge in [0.2, 0.25) is 5.91 Å². The molecule has 0 fully saturated rings. The van der Waals surface area contributed by atoms with Crippen LogP contribution >= 0.6 is 0 Å². The average molecular weight is 322 g/mol. The number of hydrogen-bond donors (Lipinski definition) is 2. The first-order valence-corrected chi connectivity index (χ1v) is 7.13. The summed E-state index contributed by atoms with van der Waals surface area (Å²) < 4.78 is 39.4. The van der Waals surface area contributed by atoms with Crippen LogP contribution in [0.5, 0.6) is 0 Å². The first kappa shape index (κ1) is 16.9. The zero-order valence-corrected chi connectivity index (χ0v) is 12.8. The molecule has 0 aliphatic carbocycles. The summed E-state index contributed by atoms with van der Waals surface area (Å²) in [6, 6.07) is 7.60. The van der Waals surface area contributed by atoms with Crippen molar-refractivity contribution in [3.63, 3.8) is 0 Å². The van der Waals surface area contributed by atoms with Crippen LogP contribution in [-0.2, 0) is 4.79 Å². The van der Waals surface area contributed by atoms with Gasteiger partial charge < -0.3 is 10.6 Å². The third-order valence-electron chi connectivity index (χ3n) is 3.44. The smallest absolute Gasteiger partial charge is 0.226 e. The Morgan fingerprint density at radius 1 is 1.00 bits per heavy atom. The predicted molar refractivity (Wildman–Crippen MR) is 84.0 cm³/mol. The molecule has 0 saturated heterocycles. The molecule has 0 aromatic heterocycles. The molecule has 122 valence electrons. The Balaban J connectivity index is 1.92. The molecule has 2 N–H and O–H groups in total. The van der Waals surface area contributed by atoms with Gasteiger partial charge in [0, 0.05) is 18.7 Å². The second kappa shape index (κ2) is 7.17. The molecule has 1 amide bonds. The zero-order valence-electron chi connectivity index (χ0n) is 12.8. The van der Waals surface area contributed by atoms with Gasteiger partial charge >= 0.3 is 0 Å². The third kappa shape index (κ3) is 4.03. The van der Waals surface area contributed by atoms with E-state index >= 15 is 0 Å². The number of halogens is 3. The number of anilines is 2. The highest BCUT2D eigenvalue weighted by molar-refractivity contribution is 5.91. The highest BCUT2D eigenvalue weighted by Gasteiger charge is 2.15. The van der Waals surface area contributed by atoms with E-state index in [-0.39, 0.29) is 12.1 Å². The number of carbonyl (C=O) groups is 1. The Morgan fingerprint density at radius 3 is 2.30 bits per heavy atom. The third-order valence-corrected chi connectivity index (χ3v) is 3.44. The SMILES string of the molecule is Cc1cccc(C)c1NCCC(=O)Nc1ccc(F)c(F)c1F. The minimum Gasteiger partial charge on any atom is -0.384 e. The molecule has 3 nitrogen and oxygen atoms in total. The molecule has 0 radical (unpaired) electrons. The van der Waals surface area contributed by atoms with Crippen molar-refractivity contribution in [2.24, 2.45) is 0 Å². The number of benzene rings is 2. The van der Waals surface area contributed by atoms with Gasteiger partial charge in [0.05, 0.1) is 5.69 Å². The van der Waals surface area contributed by atoms with E-state index in [1.807, 2.05) is 32.0 Å². The lowest BCUT2D eigenvalue weighted by molar-refractivity contribution is -0.116. The van der Waals surface area contributed by atoms with Crippen molar-refractivity contribution in [3.8, 4) is 0 Å². The van der Waals surface area contributed by atoms with Crippen LogP contribution in [0.4, 0.5) is 24.5 Å². The number of amides is 1. The van der Waals surface area contributed by atoms with E-state index in [2.05, 4.69) is 10.6 Å². The Labute approximate surface area is 132 Å². The number of hydrogen-bond acceptors (Lipinski definition) is 2. The van der Waals surface area contributed by atoms with Gasteiger partial charge in [0.25, 0.3) is 0 Å². The number of nitrogens with one attached hydrogen (secondary N) is 2. The van der Waals surface area contributed by atoms with Crippen LogP contribution in [0, 0.1) is 31.3 Å². The van der Waals surface area contributed by atoms with E-state index in [0.29, 0.717) is 6.54 Å². The normalized spacial score (nSPS) is 10.5. The minimum atomic E-state index is -1.60. The van der Waals surface area contributed by atoms with Crippen LogP contribution in [0.25, 0.3) is 0 Å². The standard InChI is InChI=1S/C17H17F3N2O/c1-10-4-3-5-11(2)17(10)21-9-8-14(23)22-13-7-6-12(18)15(19)16(13)20/h3-7,21H,8-9H2,1-2H3,(H,22,23). The van der Waals surface area contributed by atoms with Gasteiger partial charge in [-0.05, 0) is 37.1 Å². The highest BCUT2D eigenvalue weighted by atomic mass is 19.2. The Kier molecular flexibility index (Phi) is 5.26. The summed E-state index contributed by atoms with van der Waals surface area (Å²) in [7, 11) is 0. The molecule has 0 spiro atoms. The van der Waals surface area contributed by atoms with Crippen molar-refractivity contribution in [3.05, 3.63) is 58.9 Å². The fraction of sp³-hybridized carbons (Fsp3) is 0.235. The monoisotopic (exact) mass is 322 g/mol. The van der Waals surface area contributed by atoms with E-state index in [4.69, 9.17) is 0 Å². The van der Waals surface area contributed by atoms with Crippen molar-refractivity contribution in [1.82, 2.24) is 0 Å². The quantitative estimate of drug-likeness (QED) is 0.812. The van der Waals surface area contributed by atoms with Crippen LogP contribution in [0.3, 0.4) is 0 Å². The van der Waals surface area contributed by atoms with Crippen molar-refractivity contribution in [2.45, 2.75) is 20.3 Å². The lowest BCUT2D eigenvalue weighted by Gasteiger charge is -2.12. The molecule has 0 aliphatic rings. The summed E-state index contributed by atoms with van der Waals surface area (Å²) in [6.45, 7) is 4.24. The van der Waals surface area contributed by atoms with Gasteiger partial charge in [-0.3, -0.25) is 4.79 Å². The van der Waals surface area contributed by atoms with Crippen LogP contribution < -0.4 is 10.6 Å². The van der Waals surface area contributed by atoms with E-state index in [9.17, 15) is 18.0 Å². The van der Waals surface area contributed by atoms with Crippen LogP contribution in [0.1, 0.15) is 17.5 Å². The second-order valence-electron chi connectivity index (χ2n) is 5.21. The van der Waals surface area contributed by atoms with Gasteiger partial charge in [-0.25, -0.2) is 13.2 Å². The molecular formula is C17H17F3N2O. The summed E-state index contributed by atoms with van der Waals surface area (Å²) in [4.78, 5) is 11.8. The zero-order chi connectivity index (χ0) is 17.0. The number of para-hydroxylation sites is 1. The summed E-state index contributed by atoms with van der Waals surface area (Å²) in [6.07, 6.45) is 0.0617. The van der Waals surface area contributed by atoms with Gasteiger partial charge in [-0.1, -0.05) is 18.2 Å². The molecule has 2 aromatic carbocycles. The molecule has 0 heterocycles. The van der Waals surface area contributed by atoms with Gasteiger partial charge in [-0.15, -0.1) is 0 Å². The predicted octanol–water partition coefficient (Wildman–Crippen LogP) is 4.16. The number of rotatable bonds is 5. The van der Waals surface area contributed by atoms with Crippen molar-refractivity contribution in [1.29, 1.82) is 0 Å². The molecular weight excluding hydrogens is 305 g/mol. The summed E-state index contributed by atoms with van der Waals surface area (Å²) in [5.74, 6) is -4.79. The highest BCUT2D eigenvalue weighted by Crippen LogP contribution is 2.21. The first-order valence-electron chi connectivity index (χ1n) is 7.13. The molecule has 0 bridgehead atoms. The van der Waals surface area contributed by atoms with E-state index in [0.717, 1.165) is 28.9 Å². The van der Waals surface area contributed by atoms with E-state index < -0.39 is 23.4 Å². The minimum absolute atomic E-state index is 0.0617. The number of carbonyl (C=O) groups excluding carboxylic acids is 1. The maximum atomic E-state index is 13.5. The van der Waals surface area contributed by atoms with E-state index in [1.165, 1.54) is 0 Å². The molecule has 0 unspecified atom stereocenters. The topological polar surface area (TPSA) is 41.1 Å². The Hall–Kier alpha value is -2.50. The molecule has 0 aliphatic heterocycles. The van der Waals surface area contributed by atoms with Gasteiger partial charge in [0.15, 0.2) is 17.5 Å². The maximum absolute atomic E-state index is 13.5. The largest absolute Gasteiger partial charge is 0.384 e. The molecule has 0 atom stereocenters. The molecule has 6 heteroatoms. The lowest BCUT2D eigenvalue weighted by Crippen LogP contribution is -2.18. The summed E-state index contributed by atoms with van der Waals surface area (Å²) >= 11 is 0. The van der Waals surface area contributed by atoms with E-state index in [1.54, 1.807) is 0 Å². The lowest BCUT2D eigenvalue weighted by atomic mass is 10.1. The Bertz CT molecular complexity index is 712. The van der Waals surface area contributed by atoms with Crippen LogP contribution in [-0.4, -0.2) is 12.5 Å². The number of aryl methyl sites for hydroxylation is 2. The van der Waals surface area contributed by atoms with Crippen LogP contribution in [0.15, 0.2) is 30.3 Å². The van der Waals surface area contributed by atoms with Crippen LogP contribution in [0.2, 0.25) is 0 Å². The summed E-state index contributed by atoms with van der Waals surface area (Å²) in [5.41, 5.74) is 2.68. The van der Waals surface area contributed by atoms with Crippen molar-refractivity contribution in [2.75, 3.05) is 17.2 Å². The Morgan fingerprint density at radius 2 is 1.65 bits per heavy atom. The maximum Gasteiger partial charge on any atom is 0.226 e. The molecule has 0 saturated carbocycles. The van der Waals surface area contributed by atoms with Gasteiger partial charge in [-0.2, -0.15) is 0 Å². The second-order valence-corrected chi connectivity index (χ2v) is 5.21. The summed E-state index contributed by atoms with van der Waals surface area (Å²) in [5, 5.41) is 5.38. The van der Waals surface area contributed by atoms with Gasteiger partial charge in [0.1, 0.15) is 0 Å². The molecule has 23 heavy (non-hydrogen) atoms. The molecule has 2 rings (SSSR count).